The largest absolute Gasteiger partial charge is 0.371 e. The molecule has 1 unspecified atom stereocenters. The van der Waals surface area contributed by atoms with Crippen molar-refractivity contribution in [1.29, 1.82) is 0 Å². The third-order valence-corrected chi connectivity index (χ3v) is 3.88. The van der Waals surface area contributed by atoms with E-state index in [-0.39, 0.29) is 6.04 Å². The van der Waals surface area contributed by atoms with E-state index in [1.54, 1.807) is 0 Å². The molecule has 2 aromatic carbocycles. The van der Waals surface area contributed by atoms with Crippen molar-refractivity contribution in [2.75, 3.05) is 18.0 Å². The van der Waals surface area contributed by atoms with E-state index in [0.29, 0.717) is 0 Å². The molecule has 0 radical (unpaired) electrons. The number of benzene rings is 2. The fraction of sp³-hybridized carbons (Fsp3) is 0.294. The molecule has 1 atom stereocenters. The minimum Gasteiger partial charge on any atom is -0.371 e. The number of rotatable bonds is 3. The van der Waals surface area contributed by atoms with Crippen molar-refractivity contribution in [1.82, 2.24) is 0 Å². The first kappa shape index (κ1) is 12.2. The second-order valence-electron chi connectivity index (χ2n) is 5.14. The summed E-state index contributed by atoms with van der Waals surface area (Å²) >= 11 is 0. The van der Waals surface area contributed by atoms with Crippen LogP contribution in [-0.4, -0.2) is 13.1 Å². The Balaban J connectivity index is 1.96. The van der Waals surface area contributed by atoms with Crippen molar-refractivity contribution >= 4 is 5.69 Å². The first-order valence-electron chi connectivity index (χ1n) is 7.00. The van der Waals surface area contributed by atoms with Crippen LogP contribution in [0.25, 0.3) is 0 Å². The van der Waals surface area contributed by atoms with Gasteiger partial charge in [-0.3, -0.25) is 0 Å². The van der Waals surface area contributed by atoms with Gasteiger partial charge in [-0.2, -0.15) is 0 Å². The molecule has 0 aromatic heterocycles. The summed E-state index contributed by atoms with van der Waals surface area (Å²) < 4.78 is 0. The van der Waals surface area contributed by atoms with Gasteiger partial charge in [-0.25, -0.2) is 0 Å². The Kier molecular flexibility index (Phi) is 3.51. The molecule has 1 aliphatic heterocycles. The third-order valence-electron chi connectivity index (χ3n) is 3.88. The van der Waals surface area contributed by atoms with Gasteiger partial charge in [-0.1, -0.05) is 48.5 Å². The van der Waals surface area contributed by atoms with E-state index >= 15 is 0 Å². The average Bonchev–Trinajstić information content (AvgIpc) is 3.01. The minimum absolute atomic E-state index is 0.0435. The molecule has 1 fully saturated rings. The van der Waals surface area contributed by atoms with Crippen LogP contribution < -0.4 is 10.6 Å². The van der Waals surface area contributed by atoms with E-state index < -0.39 is 0 Å². The van der Waals surface area contributed by atoms with Gasteiger partial charge in [0.25, 0.3) is 0 Å². The van der Waals surface area contributed by atoms with E-state index in [2.05, 4.69) is 41.3 Å². The monoisotopic (exact) mass is 252 g/mol. The van der Waals surface area contributed by atoms with Crippen LogP contribution in [-0.2, 0) is 0 Å². The lowest BCUT2D eigenvalue weighted by Crippen LogP contribution is -2.22. The highest BCUT2D eigenvalue weighted by Crippen LogP contribution is 2.31. The standard InChI is InChI=1S/C17H20N2/c18-17(14-8-2-1-3-9-14)15-10-4-5-11-16(15)19-12-6-7-13-19/h1-5,8-11,17H,6-7,12-13,18H2. The smallest absolute Gasteiger partial charge is 0.0572 e. The summed E-state index contributed by atoms with van der Waals surface area (Å²) in [7, 11) is 0. The van der Waals surface area contributed by atoms with Gasteiger partial charge in [-0.15, -0.1) is 0 Å². The van der Waals surface area contributed by atoms with Crippen LogP contribution in [0.4, 0.5) is 5.69 Å². The molecule has 0 saturated carbocycles. The maximum Gasteiger partial charge on any atom is 0.0572 e. The Hall–Kier alpha value is -1.80. The molecular weight excluding hydrogens is 232 g/mol. The summed E-state index contributed by atoms with van der Waals surface area (Å²) in [5.41, 5.74) is 10.2. The lowest BCUT2D eigenvalue weighted by atomic mass is 9.97. The van der Waals surface area contributed by atoms with E-state index in [9.17, 15) is 0 Å². The topological polar surface area (TPSA) is 29.3 Å². The van der Waals surface area contributed by atoms with E-state index in [1.807, 2.05) is 18.2 Å². The lowest BCUT2D eigenvalue weighted by Gasteiger charge is -2.24. The zero-order chi connectivity index (χ0) is 13.1. The number of nitrogens with two attached hydrogens (primary N) is 1. The van der Waals surface area contributed by atoms with Gasteiger partial charge in [0.15, 0.2) is 0 Å². The fourth-order valence-electron chi connectivity index (χ4n) is 2.84. The van der Waals surface area contributed by atoms with Crippen molar-refractivity contribution in [3.05, 3.63) is 65.7 Å². The Bertz CT molecular complexity index is 530. The second-order valence-corrected chi connectivity index (χ2v) is 5.14. The van der Waals surface area contributed by atoms with Gasteiger partial charge in [-0.05, 0) is 30.0 Å². The number of hydrogen-bond donors (Lipinski definition) is 1. The van der Waals surface area contributed by atoms with Crippen LogP contribution in [0.5, 0.6) is 0 Å². The highest BCUT2D eigenvalue weighted by atomic mass is 15.1. The van der Waals surface area contributed by atoms with E-state index in [4.69, 9.17) is 5.73 Å². The van der Waals surface area contributed by atoms with Crippen molar-refractivity contribution in [2.24, 2.45) is 5.73 Å². The van der Waals surface area contributed by atoms with Crippen LogP contribution in [0.2, 0.25) is 0 Å². The van der Waals surface area contributed by atoms with Crippen molar-refractivity contribution in [3.63, 3.8) is 0 Å². The molecular formula is C17H20N2. The Morgan fingerprint density at radius 3 is 2.21 bits per heavy atom. The molecule has 1 heterocycles. The van der Waals surface area contributed by atoms with Crippen LogP contribution in [0.1, 0.15) is 30.0 Å². The van der Waals surface area contributed by atoms with Gasteiger partial charge in [0.05, 0.1) is 6.04 Å². The number of para-hydroxylation sites is 1. The molecule has 2 nitrogen and oxygen atoms in total. The van der Waals surface area contributed by atoms with E-state index in [0.717, 1.165) is 13.1 Å². The summed E-state index contributed by atoms with van der Waals surface area (Å²) in [6, 6.07) is 18.8. The molecule has 0 bridgehead atoms. The molecule has 2 heteroatoms. The first-order valence-corrected chi connectivity index (χ1v) is 7.00. The van der Waals surface area contributed by atoms with Gasteiger partial charge >= 0.3 is 0 Å². The fourth-order valence-corrected chi connectivity index (χ4v) is 2.84. The normalized spacial score (nSPS) is 16.6. The van der Waals surface area contributed by atoms with Gasteiger partial charge in [0, 0.05) is 18.8 Å². The maximum absolute atomic E-state index is 6.46. The molecule has 0 aliphatic carbocycles. The Labute approximate surface area is 114 Å². The summed E-state index contributed by atoms with van der Waals surface area (Å²) in [5, 5.41) is 0. The molecule has 3 rings (SSSR count). The van der Waals surface area contributed by atoms with Crippen LogP contribution in [0.3, 0.4) is 0 Å². The quantitative estimate of drug-likeness (QED) is 0.908. The summed E-state index contributed by atoms with van der Waals surface area (Å²) in [5.74, 6) is 0. The molecule has 2 N–H and O–H groups in total. The van der Waals surface area contributed by atoms with Crippen molar-refractivity contribution in [2.45, 2.75) is 18.9 Å². The predicted octanol–water partition coefficient (Wildman–Crippen LogP) is 3.33. The Morgan fingerprint density at radius 2 is 1.47 bits per heavy atom. The predicted molar refractivity (Wildman–Crippen MR) is 80.4 cm³/mol. The second kappa shape index (κ2) is 5.45. The van der Waals surface area contributed by atoms with Gasteiger partial charge < -0.3 is 10.6 Å². The maximum atomic E-state index is 6.46. The molecule has 0 spiro atoms. The van der Waals surface area contributed by atoms with Gasteiger partial charge in [0.2, 0.25) is 0 Å². The lowest BCUT2D eigenvalue weighted by molar-refractivity contribution is 0.850. The zero-order valence-corrected chi connectivity index (χ0v) is 11.1. The van der Waals surface area contributed by atoms with Crippen LogP contribution in [0.15, 0.2) is 54.6 Å². The molecule has 1 saturated heterocycles. The molecule has 2 aromatic rings. The van der Waals surface area contributed by atoms with Crippen molar-refractivity contribution in [3.8, 4) is 0 Å². The average molecular weight is 252 g/mol. The highest BCUT2D eigenvalue weighted by molar-refractivity contribution is 5.57. The third kappa shape index (κ3) is 2.49. The highest BCUT2D eigenvalue weighted by Gasteiger charge is 2.19. The zero-order valence-electron chi connectivity index (χ0n) is 11.1. The minimum atomic E-state index is -0.0435. The summed E-state index contributed by atoms with van der Waals surface area (Å²) in [4.78, 5) is 2.46. The van der Waals surface area contributed by atoms with Crippen molar-refractivity contribution < 1.29 is 0 Å². The van der Waals surface area contributed by atoms with E-state index in [1.165, 1.54) is 29.7 Å². The molecule has 0 amide bonds. The molecule has 1 aliphatic rings. The van der Waals surface area contributed by atoms with Crippen LogP contribution in [0, 0.1) is 0 Å². The first-order chi connectivity index (χ1) is 9.36. The number of anilines is 1. The Morgan fingerprint density at radius 1 is 0.842 bits per heavy atom. The van der Waals surface area contributed by atoms with Crippen LogP contribution >= 0.6 is 0 Å². The SMILES string of the molecule is NC(c1ccccc1)c1ccccc1N1CCCC1. The number of nitrogens with zero attached hydrogens (tertiary/aromatic N) is 1. The number of hydrogen-bond acceptors (Lipinski definition) is 2. The molecule has 98 valence electrons. The summed E-state index contributed by atoms with van der Waals surface area (Å²) in [6.45, 7) is 2.30. The molecule has 19 heavy (non-hydrogen) atoms. The summed E-state index contributed by atoms with van der Waals surface area (Å²) in [6.07, 6.45) is 2.57. The van der Waals surface area contributed by atoms with Gasteiger partial charge in [0.1, 0.15) is 0 Å².